The number of ether oxygens (including phenoxy) is 7. The monoisotopic (exact) mass is 1980 g/mol. The number of aromatic nitrogens is 6. The molecule has 7 aromatic rings. The summed E-state index contributed by atoms with van der Waals surface area (Å²) < 4.78 is 64.1. The zero-order valence-electron chi connectivity index (χ0n) is 78.5. The number of carbonyl (C=O) groups excluding carboxylic acids is 9. The summed E-state index contributed by atoms with van der Waals surface area (Å²) in [7, 11) is 2.70. The van der Waals surface area contributed by atoms with Crippen LogP contribution in [0.15, 0.2) is 114 Å². The van der Waals surface area contributed by atoms with Crippen LogP contribution in [0.5, 0.6) is 23.0 Å². The molecule has 0 aliphatic carbocycles. The van der Waals surface area contributed by atoms with E-state index in [0.717, 1.165) is 24.4 Å². The number of aryl methyl sites for hydroxylation is 4. The van der Waals surface area contributed by atoms with Crippen LogP contribution >= 0.6 is 23.8 Å². The Bertz CT molecular complexity index is 5390. The first kappa shape index (κ1) is 129. The van der Waals surface area contributed by atoms with E-state index in [4.69, 9.17) is 89.7 Å². The van der Waals surface area contributed by atoms with Gasteiger partial charge in [-0.2, -0.15) is 23.6 Å². The number of fused-ring (bicyclic) bond motifs is 1. The number of nitrogen functional groups attached to an aromatic ring is 1. The average molecular weight is 1980 g/mol. The number of isothiocyanates is 1. The number of alkyl carbamates (subject to hydrolysis) is 3. The summed E-state index contributed by atoms with van der Waals surface area (Å²) in [4.78, 5) is 133. The van der Waals surface area contributed by atoms with Crippen LogP contribution < -0.4 is 166 Å². The van der Waals surface area contributed by atoms with Gasteiger partial charge in [-0.05, 0) is 158 Å². The van der Waals surface area contributed by atoms with E-state index in [0.29, 0.717) is 83.7 Å². The van der Waals surface area contributed by atoms with Gasteiger partial charge in [-0.15, -0.1) is 0 Å². The number of nitrogens with one attached hydrogen (secondary N) is 7. The average Bonchev–Trinajstić information content (AvgIpc) is 1.62. The molecule has 4 aromatic carbocycles. The number of carbonyl (C=O) groups is 9. The van der Waals surface area contributed by atoms with Gasteiger partial charge in [-0.1, -0.05) is 60.2 Å². The standard InChI is InChI=1S/C25H33N7O5.C17H24N4O6.C17H26N4O4.C8H7ClN2O4.C8H9N3OS.C5H12N2.H3N.2Na.H2O6S.H2O/c1-7-32-18(12-15(2)30-32)22(34)29-23-28-17-13-16(21(26)33)14-19(36-6)20(17)31(23)11-9-8-10-27-24(35)37-25(3,4)5;1-17(2,3)27-16(23)20-8-6-5-7-19-14-12(21(24)25)9-11(15(18)22)10-13(14)26-4;1-17(2,3)25-16(23)21-8-6-5-7-20-14-12(18)9-11(15(19)22)10-13(14)24-4;1-15-6-3-4(8(10)12)2-5(7(6)9)11(13)14;1-3-11-7(4-6(2)10-11)8(12)9-5-13;1-7-5-3-2-4-6;;;;1-5-7(3,4)6-2;/h8-9,12-14H,7,10-11H2,1-6H3,(H2,26,33)(H,27,35)(H,28,29,34);5-6,9-10,19H,7-8H2,1-4H3,(H2,18,22)(H,20,23);5-6,9-10,20H,7-8,18H2,1-4H3,(H2,19,22)(H,21,23);2-3H,1H3,(H2,10,12);4H,3H2,1-2H3;2-3,7H,4-6H2,1H3;1H3;;;1-2H;1H2/q;;;;;;;2*+1;;/p-2/b9-8+;2*6-5+;;;3-2+;;;;;. The number of hydrogen-bond acceptors (Lipinski definition) is 36. The Morgan fingerprint density at radius 1 is 0.556 bits per heavy atom. The van der Waals surface area contributed by atoms with E-state index in [1.54, 1.807) is 125 Å². The van der Waals surface area contributed by atoms with Crippen LogP contribution in [0, 0.1) is 34.1 Å². The second-order valence-corrected chi connectivity index (χ2v) is 30.5. The summed E-state index contributed by atoms with van der Waals surface area (Å²) in [6.07, 6.45) is 12.9. The fourth-order valence-corrected chi connectivity index (χ4v) is 10.3. The summed E-state index contributed by atoms with van der Waals surface area (Å²) in [5, 5.41) is 69.3. The van der Waals surface area contributed by atoms with E-state index in [2.05, 4.69) is 78.3 Å². The Morgan fingerprint density at radius 3 is 1.31 bits per heavy atom. The number of primary amides is 4. The van der Waals surface area contributed by atoms with Crippen LogP contribution in [0.1, 0.15) is 150 Å². The van der Waals surface area contributed by atoms with E-state index in [1.807, 2.05) is 58.1 Å². The molecule has 55 heteroatoms. The summed E-state index contributed by atoms with van der Waals surface area (Å²) in [6.45, 7) is 28.0. The molecule has 734 valence electrons. The van der Waals surface area contributed by atoms with Gasteiger partial charge in [0.05, 0.1) is 66.0 Å². The number of nitrogens with two attached hydrogens (primary N) is 6. The number of halogens is 1. The summed E-state index contributed by atoms with van der Waals surface area (Å²) in [5.41, 5.74) is 34.4. The molecule has 0 bridgehead atoms. The first-order valence-corrected chi connectivity index (χ1v) is 40.8. The Hall–Kier alpha value is -12.3. The molecule has 0 spiro atoms. The first-order valence-electron chi connectivity index (χ1n) is 38.7. The van der Waals surface area contributed by atoms with Crippen molar-refractivity contribution in [2.75, 3.05) is 103 Å². The van der Waals surface area contributed by atoms with Crippen molar-refractivity contribution in [3.05, 3.63) is 180 Å². The van der Waals surface area contributed by atoms with Gasteiger partial charge in [-0.25, -0.2) is 19.4 Å². The van der Waals surface area contributed by atoms with Crippen molar-refractivity contribution in [2.24, 2.45) is 33.7 Å². The minimum atomic E-state index is -4.77. The number of likely N-dealkylation sites (N-methyl/N-ethyl adjacent to an activating group) is 1. The molecule has 0 radical (unpaired) electrons. The zero-order chi connectivity index (χ0) is 99.9. The molecule has 7 rings (SSSR count). The largest absolute Gasteiger partial charge is 1.00 e. The number of hydrogen-bond donors (Lipinski definition) is 14. The Morgan fingerprint density at radius 2 is 0.926 bits per heavy atom. The number of nitrogens with zero attached hydrogens (tertiary/aromatic N) is 9. The van der Waals surface area contributed by atoms with E-state index >= 15 is 0 Å². The van der Waals surface area contributed by atoms with Gasteiger partial charge in [0, 0.05) is 99.8 Å². The van der Waals surface area contributed by atoms with Gasteiger partial charge < -0.3 is 135 Å². The molecule has 135 heavy (non-hydrogen) atoms. The van der Waals surface area contributed by atoms with E-state index < -0.39 is 90.6 Å². The quantitative estimate of drug-likeness (QED) is 0.00285. The molecule has 9 amide bonds. The maximum atomic E-state index is 13.1. The number of nitro benzene ring substituents is 2. The normalized spacial score (nSPS) is 10.6. The van der Waals surface area contributed by atoms with Crippen LogP contribution in [0.4, 0.5) is 48.8 Å². The van der Waals surface area contributed by atoms with Crippen LogP contribution in [0.2, 0.25) is 5.02 Å². The number of methoxy groups -OCH3 is 4. The number of aliphatic imine (C=N–C) groups is 1. The van der Waals surface area contributed by atoms with Crippen molar-refractivity contribution >= 4 is 139 Å². The zero-order valence-corrected chi connectivity index (χ0v) is 84.9. The smallest absolute Gasteiger partial charge is 0.705 e. The second kappa shape index (κ2) is 64.6. The Labute approximate surface area is 833 Å². The SMILES string of the molecule is CCn1nc(C)cc1C(=O)N=C=S.CCn1nc(C)cc1C(=O)Nc1nc2cc(C(N)=O)cc(OC)c2n1C/C=C/CNC(=O)OC(C)(C)C.CNC/C=C/CN.COc1cc(C(N)=O)cc(N)c1NC/C=C/CNC(=O)OC(C)(C)C.COc1cc(C(N)=O)cc([N+](=O)[O-])c1Cl.COc1cc(C(N)=O)cc([N+](=O)[O-])c1NC/C=C/CNC(=O)OC(C)(C)C.N.O.O=S(=O)(O[O-])O[O-].[Na+].[Na+]. The number of allylic oxidation sites excluding steroid dienone is 1. The molecule has 0 aliphatic rings. The van der Waals surface area contributed by atoms with Crippen molar-refractivity contribution in [3.8, 4) is 23.0 Å². The second-order valence-electron chi connectivity index (χ2n) is 28.9. The minimum Gasteiger partial charge on any atom is -0.705 e. The maximum absolute atomic E-state index is 13.1. The van der Waals surface area contributed by atoms with Gasteiger partial charge >= 0.3 is 93.7 Å². The van der Waals surface area contributed by atoms with Crippen LogP contribution in [-0.4, -0.2) is 210 Å². The molecular formula is C80H116ClN23Na2O27S2. The third-order valence-electron chi connectivity index (χ3n) is 15.3. The van der Waals surface area contributed by atoms with Crippen molar-refractivity contribution in [3.63, 3.8) is 0 Å². The van der Waals surface area contributed by atoms with E-state index in [-0.39, 0.29) is 159 Å². The Kier molecular flexibility index (Phi) is 61.7. The molecule has 3 aromatic heterocycles. The number of anilines is 4. The molecule has 50 nitrogen and oxygen atoms in total. The molecular weight excluding hydrogens is 1860 g/mol. The third kappa shape index (κ3) is 48.4. The van der Waals surface area contributed by atoms with Crippen molar-refractivity contribution in [1.82, 2.24) is 56.5 Å². The van der Waals surface area contributed by atoms with Crippen LogP contribution in [0.25, 0.3) is 11.0 Å². The number of amides is 9. The van der Waals surface area contributed by atoms with Crippen molar-refractivity contribution in [2.45, 2.75) is 126 Å². The predicted octanol–water partition coefficient (Wildman–Crippen LogP) is -0.243. The maximum Gasteiger partial charge on any atom is 1.00 e. The van der Waals surface area contributed by atoms with Crippen LogP contribution in [0.3, 0.4) is 0 Å². The number of thiocarbonyl (C=S) groups is 1. The van der Waals surface area contributed by atoms with Gasteiger partial charge in [0.15, 0.2) is 10.7 Å². The topological polar surface area (TPSA) is 776 Å². The molecule has 24 N–H and O–H groups in total. The molecule has 3 heterocycles. The molecule has 0 aliphatic heterocycles. The van der Waals surface area contributed by atoms with Crippen LogP contribution in [-0.2, 0) is 52.9 Å². The molecule has 0 atom stereocenters. The molecule has 0 saturated heterocycles. The number of benzene rings is 4. The summed E-state index contributed by atoms with van der Waals surface area (Å²) >= 11 is 10.0. The van der Waals surface area contributed by atoms with Gasteiger partial charge in [0.25, 0.3) is 17.3 Å². The predicted molar refractivity (Wildman–Crippen MR) is 494 cm³/mol. The van der Waals surface area contributed by atoms with E-state index in [9.17, 15) is 71.8 Å². The minimum absolute atomic E-state index is 0. The van der Waals surface area contributed by atoms with Crippen molar-refractivity contribution < 1.29 is 178 Å². The molecule has 0 unspecified atom stereocenters. The van der Waals surface area contributed by atoms with Gasteiger partial charge in [0.2, 0.25) is 29.6 Å². The van der Waals surface area contributed by atoms with Gasteiger partial charge in [0.1, 0.15) is 62.4 Å². The summed E-state index contributed by atoms with van der Waals surface area (Å²) in [6, 6.07) is 14.1. The molecule has 0 saturated carbocycles. The summed E-state index contributed by atoms with van der Waals surface area (Å²) in [5.74, 6) is -2.36. The fourth-order valence-electron chi connectivity index (χ4n) is 9.95. The fraction of sp³-hybridized carbons (Fsp3) is 0.388. The van der Waals surface area contributed by atoms with Crippen molar-refractivity contribution in [1.29, 1.82) is 0 Å². The number of imidazole rings is 1. The molecule has 0 fully saturated rings. The number of rotatable bonds is 34. The number of nitro groups is 2. The van der Waals surface area contributed by atoms with Gasteiger partial charge in [-0.3, -0.25) is 63.7 Å². The first-order chi connectivity index (χ1) is 61.3. The third-order valence-corrected chi connectivity index (χ3v) is 16.1. The Balaban J connectivity index is -0.000000786. The van der Waals surface area contributed by atoms with E-state index in [1.165, 1.54) is 58.8 Å².